The first-order chi connectivity index (χ1) is 8.70. The molecule has 0 aromatic carbocycles. The molecule has 0 spiro atoms. The molecule has 1 saturated heterocycles. The Morgan fingerprint density at radius 2 is 1.84 bits per heavy atom. The van der Waals surface area contributed by atoms with Crippen LogP contribution in [0.25, 0.3) is 0 Å². The highest BCUT2D eigenvalue weighted by Crippen LogP contribution is 2.39. The quantitative estimate of drug-likeness (QED) is 0.820. The van der Waals surface area contributed by atoms with Gasteiger partial charge in [-0.05, 0) is 44.4 Å². The minimum absolute atomic E-state index is 0.271. The van der Waals surface area contributed by atoms with Crippen LogP contribution in [0.2, 0.25) is 0 Å². The molecule has 0 aromatic rings. The molecule has 1 saturated carbocycles. The highest BCUT2D eigenvalue weighted by atomic mass is 15.3. The number of hydrogen-bond acceptors (Lipinski definition) is 2. The number of piperazine rings is 1. The molecule has 2 nitrogen and oxygen atoms in total. The first-order valence-corrected chi connectivity index (χ1v) is 8.21. The lowest BCUT2D eigenvalue weighted by atomic mass is 9.73. The van der Waals surface area contributed by atoms with Gasteiger partial charge < -0.3 is 5.32 Å². The maximum Gasteiger partial charge on any atom is 0.0253 e. The van der Waals surface area contributed by atoms with E-state index >= 15 is 0 Å². The van der Waals surface area contributed by atoms with E-state index in [1.807, 2.05) is 0 Å². The van der Waals surface area contributed by atoms with E-state index in [-0.39, 0.29) is 5.54 Å². The van der Waals surface area contributed by atoms with Gasteiger partial charge in [-0.2, -0.15) is 0 Å². The summed E-state index contributed by atoms with van der Waals surface area (Å²) in [5.74, 6) is 0.744. The van der Waals surface area contributed by atoms with Crippen LogP contribution in [0, 0.1) is 11.3 Å². The molecule has 1 aliphatic heterocycles. The average Bonchev–Trinajstić information content (AvgIpc) is 2.25. The molecule has 19 heavy (non-hydrogen) atoms. The molecule has 2 aliphatic rings. The van der Waals surface area contributed by atoms with E-state index in [1.54, 1.807) is 0 Å². The first kappa shape index (κ1) is 15.3. The van der Waals surface area contributed by atoms with Crippen molar-refractivity contribution < 1.29 is 0 Å². The van der Waals surface area contributed by atoms with Gasteiger partial charge in [0.2, 0.25) is 0 Å². The van der Waals surface area contributed by atoms with Crippen LogP contribution < -0.4 is 5.32 Å². The van der Waals surface area contributed by atoms with Crippen molar-refractivity contribution in [3.63, 3.8) is 0 Å². The Hall–Kier alpha value is -0.0800. The van der Waals surface area contributed by atoms with Crippen molar-refractivity contribution in [2.75, 3.05) is 13.1 Å². The largest absolute Gasteiger partial charge is 0.309 e. The fourth-order valence-corrected chi connectivity index (χ4v) is 4.09. The fraction of sp³-hybridized carbons (Fsp3) is 1.00. The topological polar surface area (TPSA) is 15.3 Å². The predicted molar refractivity (Wildman–Crippen MR) is 83.5 cm³/mol. The van der Waals surface area contributed by atoms with Crippen LogP contribution in [-0.4, -0.2) is 35.6 Å². The Balaban J connectivity index is 2.12. The highest BCUT2D eigenvalue weighted by molar-refractivity contribution is 4.98. The van der Waals surface area contributed by atoms with Gasteiger partial charge in [0.05, 0.1) is 0 Å². The first-order valence-electron chi connectivity index (χ1n) is 8.21. The Morgan fingerprint density at radius 1 is 1.16 bits per heavy atom. The molecular weight excluding hydrogens is 232 g/mol. The molecule has 2 fully saturated rings. The van der Waals surface area contributed by atoms with Crippen molar-refractivity contribution in [3.05, 3.63) is 0 Å². The molecule has 1 heterocycles. The number of rotatable bonds is 2. The molecule has 0 radical (unpaired) electrons. The van der Waals surface area contributed by atoms with Crippen molar-refractivity contribution in [2.24, 2.45) is 11.3 Å². The number of hydrogen-bond donors (Lipinski definition) is 1. The second kappa shape index (κ2) is 5.37. The molecule has 0 bridgehead atoms. The van der Waals surface area contributed by atoms with Gasteiger partial charge in [0.15, 0.2) is 0 Å². The van der Waals surface area contributed by atoms with Gasteiger partial charge >= 0.3 is 0 Å². The molecular formula is C17H34N2. The lowest BCUT2D eigenvalue weighted by molar-refractivity contribution is -0.00275. The monoisotopic (exact) mass is 266 g/mol. The molecule has 1 aliphatic carbocycles. The lowest BCUT2D eigenvalue weighted by Crippen LogP contribution is -2.65. The lowest BCUT2D eigenvalue weighted by Gasteiger charge is -2.52. The van der Waals surface area contributed by atoms with Crippen LogP contribution in [0.15, 0.2) is 0 Å². The van der Waals surface area contributed by atoms with E-state index in [1.165, 1.54) is 32.2 Å². The molecule has 0 aromatic heterocycles. The summed E-state index contributed by atoms with van der Waals surface area (Å²) in [6.45, 7) is 16.7. The van der Waals surface area contributed by atoms with Crippen LogP contribution >= 0.6 is 0 Å². The van der Waals surface area contributed by atoms with Crippen molar-refractivity contribution >= 4 is 0 Å². The van der Waals surface area contributed by atoms with E-state index in [2.05, 4.69) is 51.8 Å². The molecule has 0 amide bonds. The maximum atomic E-state index is 3.74. The number of nitrogens with zero attached hydrogens (tertiary/aromatic N) is 1. The van der Waals surface area contributed by atoms with Crippen LogP contribution in [-0.2, 0) is 0 Å². The van der Waals surface area contributed by atoms with Gasteiger partial charge in [-0.1, -0.05) is 34.1 Å². The third-order valence-electron chi connectivity index (χ3n) is 5.21. The van der Waals surface area contributed by atoms with Crippen molar-refractivity contribution in [2.45, 2.75) is 84.8 Å². The van der Waals surface area contributed by atoms with E-state index in [4.69, 9.17) is 0 Å². The summed E-state index contributed by atoms with van der Waals surface area (Å²) < 4.78 is 0. The maximum absolute atomic E-state index is 3.74. The molecule has 2 unspecified atom stereocenters. The SMILES string of the molecule is CC(C)C1CNC(C)(C)CN1C1CCCC(C)(C)C1. The van der Waals surface area contributed by atoms with Gasteiger partial charge in [-0.3, -0.25) is 4.90 Å². The Kier molecular flexibility index (Phi) is 4.32. The third-order valence-corrected chi connectivity index (χ3v) is 5.21. The van der Waals surface area contributed by atoms with Gasteiger partial charge in [0.25, 0.3) is 0 Å². The van der Waals surface area contributed by atoms with E-state index in [9.17, 15) is 0 Å². The van der Waals surface area contributed by atoms with E-state index < -0.39 is 0 Å². The summed E-state index contributed by atoms with van der Waals surface area (Å²) in [7, 11) is 0. The zero-order valence-electron chi connectivity index (χ0n) is 13.9. The standard InChI is InChI=1S/C17H34N2/c1-13(2)15-11-18-17(5,6)12-19(15)14-8-7-9-16(3,4)10-14/h13-15,18H,7-12H2,1-6H3. The molecule has 2 atom stereocenters. The zero-order chi connectivity index (χ0) is 14.3. The second-order valence-corrected chi connectivity index (χ2v) is 8.66. The highest BCUT2D eigenvalue weighted by Gasteiger charge is 2.40. The van der Waals surface area contributed by atoms with Gasteiger partial charge in [-0.25, -0.2) is 0 Å². The van der Waals surface area contributed by atoms with Crippen molar-refractivity contribution in [3.8, 4) is 0 Å². The Bertz CT molecular complexity index is 306. The third kappa shape index (κ3) is 3.72. The molecule has 1 N–H and O–H groups in total. The van der Waals surface area contributed by atoms with Crippen LogP contribution in [0.3, 0.4) is 0 Å². The average molecular weight is 266 g/mol. The second-order valence-electron chi connectivity index (χ2n) is 8.66. The fourth-order valence-electron chi connectivity index (χ4n) is 4.09. The normalized spacial score (nSPS) is 35.5. The van der Waals surface area contributed by atoms with Crippen LogP contribution in [0.5, 0.6) is 0 Å². The summed E-state index contributed by atoms with van der Waals surface area (Å²) in [6, 6.07) is 1.52. The van der Waals surface area contributed by atoms with E-state index in [0.717, 1.165) is 18.5 Å². The Morgan fingerprint density at radius 3 is 2.42 bits per heavy atom. The molecule has 112 valence electrons. The summed E-state index contributed by atoms with van der Waals surface area (Å²) in [4.78, 5) is 2.85. The summed E-state index contributed by atoms with van der Waals surface area (Å²) in [5, 5.41) is 3.74. The van der Waals surface area contributed by atoms with Gasteiger partial charge in [0.1, 0.15) is 0 Å². The minimum Gasteiger partial charge on any atom is -0.309 e. The van der Waals surface area contributed by atoms with Gasteiger partial charge in [0, 0.05) is 30.7 Å². The molecule has 2 rings (SSSR count). The van der Waals surface area contributed by atoms with Crippen molar-refractivity contribution in [1.82, 2.24) is 10.2 Å². The summed E-state index contributed by atoms with van der Waals surface area (Å²) in [5.41, 5.74) is 0.812. The zero-order valence-corrected chi connectivity index (χ0v) is 13.9. The van der Waals surface area contributed by atoms with E-state index in [0.29, 0.717) is 11.5 Å². The number of nitrogens with one attached hydrogen (secondary N) is 1. The Labute approximate surface area is 120 Å². The van der Waals surface area contributed by atoms with Gasteiger partial charge in [-0.15, -0.1) is 0 Å². The minimum atomic E-state index is 0.271. The van der Waals surface area contributed by atoms with Crippen LogP contribution in [0.4, 0.5) is 0 Å². The summed E-state index contributed by atoms with van der Waals surface area (Å²) >= 11 is 0. The molecule has 2 heteroatoms. The predicted octanol–water partition coefficient (Wildman–Crippen LogP) is 3.66. The summed E-state index contributed by atoms with van der Waals surface area (Å²) in [6.07, 6.45) is 5.60. The van der Waals surface area contributed by atoms with Crippen molar-refractivity contribution in [1.29, 1.82) is 0 Å². The van der Waals surface area contributed by atoms with Crippen LogP contribution in [0.1, 0.15) is 67.2 Å². The smallest absolute Gasteiger partial charge is 0.0253 e.